The van der Waals surface area contributed by atoms with Crippen LogP contribution in [-0.2, 0) is 4.79 Å². The van der Waals surface area contributed by atoms with Gasteiger partial charge in [0.05, 0.1) is 18.9 Å². The van der Waals surface area contributed by atoms with Crippen molar-refractivity contribution in [3.8, 4) is 28.6 Å². The Balaban J connectivity index is 1.81. The monoisotopic (exact) mass is 400 g/mol. The molecule has 30 heavy (non-hydrogen) atoms. The summed E-state index contributed by atoms with van der Waals surface area (Å²) >= 11 is 0. The molecule has 5 nitrogen and oxygen atoms in total. The number of furan rings is 1. The molecule has 0 aliphatic rings. The summed E-state index contributed by atoms with van der Waals surface area (Å²) in [5.41, 5.74) is 2.67. The van der Waals surface area contributed by atoms with Crippen molar-refractivity contribution < 1.29 is 23.8 Å². The molecule has 0 amide bonds. The fourth-order valence-corrected chi connectivity index (χ4v) is 3.38. The Kier molecular flexibility index (Phi) is 5.26. The highest BCUT2D eigenvalue weighted by atomic mass is 16.5. The van der Waals surface area contributed by atoms with Crippen molar-refractivity contribution >= 4 is 22.8 Å². The van der Waals surface area contributed by atoms with Crippen LogP contribution < -0.4 is 9.47 Å². The smallest absolute Gasteiger partial charge is 0.328 e. The molecule has 1 N–H and O–H groups in total. The normalized spacial score (nSPS) is 11.1. The van der Waals surface area contributed by atoms with Crippen molar-refractivity contribution in [2.75, 3.05) is 7.11 Å². The van der Waals surface area contributed by atoms with Gasteiger partial charge in [0.1, 0.15) is 23.0 Å². The highest BCUT2D eigenvalue weighted by Crippen LogP contribution is 2.43. The lowest BCUT2D eigenvalue weighted by atomic mass is 9.98. The maximum atomic E-state index is 10.7. The summed E-state index contributed by atoms with van der Waals surface area (Å²) in [5.74, 6) is 1.84. The average Bonchev–Trinajstić information content (AvgIpc) is 3.27. The van der Waals surface area contributed by atoms with Crippen LogP contribution in [0.2, 0.25) is 0 Å². The summed E-state index contributed by atoms with van der Waals surface area (Å²) in [7, 11) is 1.64. The molecule has 0 radical (unpaired) electrons. The molecule has 0 aliphatic carbocycles. The first-order valence-corrected chi connectivity index (χ1v) is 9.39. The lowest BCUT2D eigenvalue weighted by Gasteiger charge is -2.16. The summed E-state index contributed by atoms with van der Waals surface area (Å²) < 4.78 is 17.4. The summed E-state index contributed by atoms with van der Waals surface area (Å²) in [4.78, 5) is 10.7. The topological polar surface area (TPSA) is 68.9 Å². The number of carbonyl (C=O) groups is 1. The molecular formula is C25H20O5. The Bertz CT molecular complexity index is 1220. The number of hydrogen-bond donors (Lipinski definition) is 1. The van der Waals surface area contributed by atoms with Gasteiger partial charge in [-0.1, -0.05) is 18.2 Å². The van der Waals surface area contributed by atoms with E-state index < -0.39 is 5.97 Å². The predicted molar refractivity (Wildman–Crippen MR) is 116 cm³/mol. The van der Waals surface area contributed by atoms with Gasteiger partial charge in [0.25, 0.3) is 0 Å². The van der Waals surface area contributed by atoms with Crippen LogP contribution >= 0.6 is 0 Å². The van der Waals surface area contributed by atoms with Crippen LogP contribution in [0, 0.1) is 6.92 Å². The number of carboxylic acids is 1. The second-order valence-corrected chi connectivity index (χ2v) is 6.80. The van der Waals surface area contributed by atoms with E-state index in [9.17, 15) is 4.79 Å². The summed E-state index contributed by atoms with van der Waals surface area (Å²) in [6.07, 6.45) is 4.28. The molecule has 0 atom stereocenters. The summed E-state index contributed by atoms with van der Waals surface area (Å²) in [5, 5.41) is 10.7. The number of hydrogen-bond acceptors (Lipinski definition) is 4. The van der Waals surface area contributed by atoms with Gasteiger partial charge >= 0.3 is 5.97 Å². The largest absolute Gasteiger partial charge is 0.497 e. The van der Waals surface area contributed by atoms with Gasteiger partial charge in [-0.3, -0.25) is 0 Å². The van der Waals surface area contributed by atoms with Crippen LogP contribution in [0.1, 0.15) is 11.1 Å². The van der Waals surface area contributed by atoms with Crippen LogP contribution in [0.4, 0.5) is 0 Å². The zero-order valence-electron chi connectivity index (χ0n) is 16.6. The molecule has 0 saturated carbocycles. The third-order valence-electron chi connectivity index (χ3n) is 4.78. The Morgan fingerprint density at radius 1 is 1.03 bits per heavy atom. The van der Waals surface area contributed by atoms with Crippen LogP contribution in [-0.4, -0.2) is 18.2 Å². The SMILES string of the molecule is COc1ccc2c(Oc3ccc(/C=C/C(=O)O)cc3)c(-c3ccco3)c(C)cc2c1. The minimum atomic E-state index is -0.986. The number of methoxy groups -OCH3 is 1. The molecule has 1 aromatic heterocycles. The van der Waals surface area contributed by atoms with Crippen molar-refractivity contribution in [2.24, 2.45) is 0 Å². The van der Waals surface area contributed by atoms with Gasteiger partial charge < -0.3 is 19.0 Å². The number of carboxylic acid groups (broad SMARTS) is 1. The molecule has 0 saturated heterocycles. The molecule has 0 spiro atoms. The zero-order valence-corrected chi connectivity index (χ0v) is 16.6. The molecular weight excluding hydrogens is 380 g/mol. The lowest BCUT2D eigenvalue weighted by molar-refractivity contribution is -0.131. The Morgan fingerprint density at radius 2 is 1.80 bits per heavy atom. The van der Waals surface area contributed by atoms with Gasteiger partial charge in [-0.25, -0.2) is 4.79 Å². The summed E-state index contributed by atoms with van der Waals surface area (Å²) in [6.45, 7) is 2.02. The second-order valence-electron chi connectivity index (χ2n) is 6.80. The number of aliphatic carboxylic acids is 1. The number of fused-ring (bicyclic) bond motifs is 1. The van der Waals surface area contributed by atoms with E-state index >= 15 is 0 Å². The van der Waals surface area contributed by atoms with Gasteiger partial charge in [0, 0.05) is 11.5 Å². The van der Waals surface area contributed by atoms with E-state index in [2.05, 4.69) is 6.07 Å². The van der Waals surface area contributed by atoms with E-state index in [0.29, 0.717) is 11.5 Å². The number of aryl methyl sites for hydroxylation is 1. The van der Waals surface area contributed by atoms with Crippen LogP contribution in [0.25, 0.3) is 28.2 Å². The minimum Gasteiger partial charge on any atom is -0.497 e. The molecule has 150 valence electrons. The number of rotatable bonds is 6. The summed E-state index contributed by atoms with van der Waals surface area (Å²) in [6, 6.07) is 18.9. The second kappa shape index (κ2) is 8.17. The standard InChI is InChI=1S/C25H20O5/c1-16-14-18-15-20(28-2)10-11-21(18)25(24(16)22-4-3-13-29-22)30-19-8-5-17(6-9-19)7-12-23(26)27/h3-15H,1-2H3,(H,26,27)/b12-7+. The highest BCUT2D eigenvalue weighted by molar-refractivity contribution is 5.97. The van der Waals surface area contributed by atoms with Gasteiger partial charge in [-0.05, 0) is 72.0 Å². The average molecular weight is 400 g/mol. The number of ether oxygens (including phenoxy) is 2. The van der Waals surface area contributed by atoms with Gasteiger partial charge in [0.2, 0.25) is 0 Å². The Morgan fingerprint density at radius 3 is 2.47 bits per heavy atom. The van der Waals surface area contributed by atoms with Crippen LogP contribution in [0.3, 0.4) is 0 Å². The molecule has 1 heterocycles. The molecule has 0 aliphatic heterocycles. The van der Waals surface area contributed by atoms with Crippen LogP contribution in [0.15, 0.2) is 77.4 Å². The van der Waals surface area contributed by atoms with E-state index in [0.717, 1.165) is 45.0 Å². The molecule has 0 fully saturated rings. The van der Waals surface area contributed by atoms with Gasteiger partial charge in [-0.15, -0.1) is 0 Å². The molecule has 0 unspecified atom stereocenters. The first-order chi connectivity index (χ1) is 14.5. The maximum Gasteiger partial charge on any atom is 0.328 e. The molecule has 5 heteroatoms. The van der Waals surface area contributed by atoms with E-state index in [-0.39, 0.29) is 0 Å². The minimum absolute atomic E-state index is 0.637. The molecule has 0 bridgehead atoms. The van der Waals surface area contributed by atoms with Crippen molar-refractivity contribution in [1.82, 2.24) is 0 Å². The fourth-order valence-electron chi connectivity index (χ4n) is 3.38. The zero-order chi connectivity index (χ0) is 21.1. The Labute approximate surface area is 173 Å². The van der Waals surface area contributed by atoms with Crippen molar-refractivity contribution in [2.45, 2.75) is 6.92 Å². The van der Waals surface area contributed by atoms with Gasteiger partial charge in [0.15, 0.2) is 0 Å². The van der Waals surface area contributed by atoms with Gasteiger partial charge in [-0.2, -0.15) is 0 Å². The van der Waals surface area contributed by atoms with E-state index in [1.54, 1.807) is 13.4 Å². The maximum absolute atomic E-state index is 10.7. The fraction of sp³-hybridized carbons (Fsp3) is 0.0800. The number of benzene rings is 3. The van der Waals surface area contributed by atoms with E-state index in [1.165, 1.54) is 6.08 Å². The quantitative estimate of drug-likeness (QED) is 0.384. The molecule has 4 aromatic rings. The van der Waals surface area contributed by atoms with Crippen LogP contribution in [0.5, 0.6) is 17.2 Å². The van der Waals surface area contributed by atoms with E-state index in [4.69, 9.17) is 19.0 Å². The Hall–Kier alpha value is -3.99. The third kappa shape index (κ3) is 3.91. The first-order valence-electron chi connectivity index (χ1n) is 9.39. The van der Waals surface area contributed by atoms with Crippen molar-refractivity contribution in [1.29, 1.82) is 0 Å². The van der Waals surface area contributed by atoms with Crippen molar-refractivity contribution in [3.05, 3.63) is 84.1 Å². The highest BCUT2D eigenvalue weighted by Gasteiger charge is 2.18. The third-order valence-corrected chi connectivity index (χ3v) is 4.78. The van der Waals surface area contributed by atoms with E-state index in [1.807, 2.05) is 61.5 Å². The predicted octanol–water partition coefficient (Wildman–Crippen LogP) is 6.31. The van der Waals surface area contributed by atoms with Crippen molar-refractivity contribution in [3.63, 3.8) is 0 Å². The molecule has 3 aromatic carbocycles. The lowest BCUT2D eigenvalue weighted by Crippen LogP contribution is -1.94. The first kappa shape index (κ1) is 19.3. The molecule has 4 rings (SSSR count).